The van der Waals surface area contributed by atoms with Crippen molar-refractivity contribution in [1.82, 2.24) is 15.1 Å². The Kier molecular flexibility index (Phi) is 4.61. The fourth-order valence-corrected chi connectivity index (χ4v) is 2.10. The Labute approximate surface area is 119 Å². The average Bonchev–Trinajstić information content (AvgIpc) is 2.67. The molecule has 0 saturated carbocycles. The number of halogens is 1. The number of hydrogen-bond donors (Lipinski definition) is 1. The van der Waals surface area contributed by atoms with Crippen LogP contribution in [0.4, 0.5) is 0 Å². The predicted octanol–water partition coefficient (Wildman–Crippen LogP) is 3.39. The van der Waals surface area contributed by atoms with Crippen LogP contribution >= 0.6 is 11.6 Å². The zero-order chi connectivity index (χ0) is 13.8. The molecule has 4 heteroatoms. The maximum Gasteiger partial charge on any atom is 0.0815 e. The van der Waals surface area contributed by atoms with Crippen molar-refractivity contribution in [3.05, 3.63) is 52.3 Å². The van der Waals surface area contributed by atoms with Crippen molar-refractivity contribution < 1.29 is 0 Å². The van der Waals surface area contributed by atoms with E-state index < -0.39 is 0 Å². The molecule has 0 radical (unpaired) electrons. The highest BCUT2D eigenvalue weighted by molar-refractivity contribution is 6.31. The number of rotatable bonds is 5. The van der Waals surface area contributed by atoms with E-state index in [9.17, 15) is 0 Å². The molecule has 0 aliphatic heterocycles. The lowest BCUT2D eigenvalue weighted by Crippen LogP contribution is -2.22. The van der Waals surface area contributed by atoms with E-state index in [0.29, 0.717) is 6.04 Å². The molecule has 1 aromatic heterocycles. The number of nitrogens with zero attached hydrogens (tertiary/aromatic N) is 2. The summed E-state index contributed by atoms with van der Waals surface area (Å²) in [5, 5.41) is 8.58. The number of nitrogens with one attached hydrogen (secondary N) is 1. The van der Waals surface area contributed by atoms with Crippen molar-refractivity contribution >= 4 is 11.6 Å². The summed E-state index contributed by atoms with van der Waals surface area (Å²) < 4.78 is 1.89. The number of aromatic nitrogens is 2. The summed E-state index contributed by atoms with van der Waals surface area (Å²) in [4.78, 5) is 0. The Morgan fingerprint density at radius 3 is 2.53 bits per heavy atom. The Balaban J connectivity index is 2.15. The van der Waals surface area contributed by atoms with Crippen LogP contribution in [0.25, 0.3) is 0 Å². The van der Waals surface area contributed by atoms with Crippen molar-refractivity contribution in [1.29, 1.82) is 0 Å². The Morgan fingerprint density at radius 2 is 1.95 bits per heavy atom. The average molecular weight is 278 g/mol. The van der Waals surface area contributed by atoms with E-state index in [4.69, 9.17) is 11.6 Å². The fourth-order valence-electron chi connectivity index (χ4n) is 1.95. The van der Waals surface area contributed by atoms with Crippen LogP contribution in [-0.4, -0.2) is 15.8 Å². The summed E-state index contributed by atoms with van der Waals surface area (Å²) in [6.07, 6.45) is 1.88. The van der Waals surface area contributed by atoms with Gasteiger partial charge in [0.15, 0.2) is 0 Å². The second-order valence-electron chi connectivity index (χ2n) is 5.06. The number of aryl methyl sites for hydroxylation is 1. The molecule has 2 aromatic rings. The summed E-state index contributed by atoms with van der Waals surface area (Å²) >= 11 is 6.04. The van der Waals surface area contributed by atoms with E-state index in [0.717, 1.165) is 23.8 Å². The van der Waals surface area contributed by atoms with Gasteiger partial charge in [0, 0.05) is 18.8 Å². The van der Waals surface area contributed by atoms with E-state index >= 15 is 0 Å². The van der Waals surface area contributed by atoms with Crippen molar-refractivity contribution in [2.75, 3.05) is 0 Å². The van der Waals surface area contributed by atoms with Gasteiger partial charge in [0.05, 0.1) is 17.3 Å². The first kappa shape index (κ1) is 14.1. The third kappa shape index (κ3) is 3.82. The number of hydrogen-bond acceptors (Lipinski definition) is 2. The van der Waals surface area contributed by atoms with Gasteiger partial charge in [0.1, 0.15) is 0 Å². The minimum absolute atomic E-state index is 0.481. The Hall–Kier alpha value is -1.32. The second-order valence-corrected chi connectivity index (χ2v) is 5.47. The van der Waals surface area contributed by atoms with Crippen molar-refractivity contribution in [3.63, 3.8) is 0 Å². The summed E-state index contributed by atoms with van der Waals surface area (Å²) in [6.45, 7) is 7.86. The zero-order valence-electron chi connectivity index (χ0n) is 11.7. The monoisotopic (exact) mass is 277 g/mol. The third-order valence-electron chi connectivity index (χ3n) is 3.04. The molecule has 0 bridgehead atoms. The van der Waals surface area contributed by atoms with Gasteiger partial charge in [-0.15, -0.1) is 0 Å². The first-order chi connectivity index (χ1) is 9.06. The minimum atomic E-state index is 0.481. The van der Waals surface area contributed by atoms with Crippen LogP contribution in [0, 0.1) is 6.92 Å². The first-order valence-electron chi connectivity index (χ1n) is 6.56. The van der Waals surface area contributed by atoms with Crippen LogP contribution in [0.3, 0.4) is 0 Å². The van der Waals surface area contributed by atoms with Gasteiger partial charge in [0.25, 0.3) is 0 Å². The molecule has 19 heavy (non-hydrogen) atoms. The van der Waals surface area contributed by atoms with Gasteiger partial charge < -0.3 is 5.32 Å². The van der Waals surface area contributed by atoms with Crippen LogP contribution < -0.4 is 5.32 Å². The molecule has 0 aliphatic carbocycles. The molecule has 0 aliphatic rings. The lowest BCUT2D eigenvalue weighted by atomic mass is 10.1. The minimum Gasteiger partial charge on any atom is -0.310 e. The third-order valence-corrected chi connectivity index (χ3v) is 3.41. The van der Waals surface area contributed by atoms with Gasteiger partial charge in [-0.05, 0) is 18.1 Å². The normalized spacial score (nSPS) is 11.2. The van der Waals surface area contributed by atoms with Crippen LogP contribution in [0.15, 0.2) is 30.5 Å². The lowest BCUT2D eigenvalue weighted by molar-refractivity contribution is 0.582. The van der Waals surface area contributed by atoms with E-state index in [1.807, 2.05) is 17.8 Å². The molecular weight excluding hydrogens is 258 g/mol. The first-order valence-corrected chi connectivity index (χ1v) is 6.94. The van der Waals surface area contributed by atoms with Crippen LogP contribution in [-0.2, 0) is 13.1 Å². The summed E-state index contributed by atoms with van der Waals surface area (Å²) in [7, 11) is 0. The maximum atomic E-state index is 6.04. The maximum absolute atomic E-state index is 6.04. The quantitative estimate of drug-likeness (QED) is 0.908. The van der Waals surface area contributed by atoms with Crippen LogP contribution in [0.2, 0.25) is 5.02 Å². The molecule has 0 spiro atoms. The van der Waals surface area contributed by atoms with E-state index in [-0.39, 0.29) is 0 Å². The lowest BCUT2D eigenvalue weighted by Gasteiger charge is -2.12. The molecule has 1 heterocycles. The fraction of sp³-hybridized carbons (Fsp3) is 0.400. The van der Waals surface area contributed by atoms with Gasteiger partial charge in [-0.25, -0.2) is 0 Å². The molecule has 0 saturated heterocycles. The van der Waals surface area contributed by atoms with Gasteiger partial charge in [-0.2, -0.15) is 5.10 Å². The highest BCUT2D eigenvalue weighted by Crippen LogP contribution is 2.15. The van der Waals surface area contributed by atoms with Gasteiger partial charge >= 0.3 is 0 Å². The second kappa shape index (κ2) is 6.22. The van der Waals surface area contributed by atoms with Gasteiger partial charge in [-0.3, -0.25) is 4.68 Å². The van der Waals surface area contributed by atoms with Crippen molar-refractivity contribution in [2.45, 2.75) is 39.9 Å². The predicted molar refractivity (Wildman–Crippen MR) is 79.5 cm³/mol. The molecular formula is C15H20ClN3. The standard InChI is InChI=1S/C15H20ClN3/c1-11(2)17-8-13-6-4-5-7-14(13)9-19-10-15(16)12(3)18-19/h4-7,10-11,17H,8-9H2,1-3H3. The molecule has 0 amide bonds. The number of benzene rings is 1. The zero-order valence-corrected chi connectivity index (χ0v) is 12.4. The largest absolute Gasteiger partial charge is 0.310 e. The molecule has 0 fully saturated rings. The van der Waals surface area contributed by atoms with E-state index in [1.165, 1.54) is 11.1 Å². The summed E-state index contributed by atoms with van der Waals surface area (Å²) in [6, 6.07) is 8.91. The Bertz CT molecular complexity index is 527. The summed E-state index contributed by atoms with van der Waals surface area (Å²) in [5.74, 6) is 0. The van der Waals surface area contributed by atoms with Crippen LogP contribution in [0.1, 0.15) is 30.7 Å². The highest BCUT2D eigenvalue weighted by atomic mass is 35.5. The van der Waals surface area contributed by atoms with Crippen LogP contribution in [0.5, 0.6) is 0 Å². The molecule has 1 aromatic carbocycles. The summed E-state index contributed by atoms with van der Waals surface area (Å²) in [5.41, 5.74) is 3.45. The van der Waals surface area contributed by atoms with Gasteiger partial charge in [-0.1, -0.05) is 49.7 Å². The SMILES string of the molecule is Cc1nn(Cc2ccccc2CNC(C)C)cc1Cl. The van der Waals surface area contributed by atoms with E-state index in [2.05, 4.69) is 48.5 Å². The van der Waals surface area contributed by atoms with E-state index in [1.54, 1.807) is 0 Å². The van der Waals surface area contributed by atoms with Gasteiger partial charge in [0.2, 0.25) is 0 Å². The molecule has 3 nitrogen and oxygen atoms in total. The molecule has 102 valence electrons. The molecule has 1 N–H and O–H groups in total. The topological polar surface area (TPSA) is 29.9 Å². The van der Waals surface area contributed by atoms with Crippen molar-refractivity contribution in [3.8, 4) is 0 Å². The Morgan fingerprint density at radius 1 is 1.26 bits per heavy atom. The highest BCUT2D eigenvalue weighted by Gasteiger charge is 2.06. The van der Waals surface area contributed by atoms with Crippen molar-refractivity contribution in [2.24, 2.45) is 0 Å². The smallest absolute Gasteiger partial charge is 0.0815 e. The molecule has 0 unspecified atom stereocenters. The molecule has 2 rings (SSSR count). The molecule has 0 atom stereocenters.